The lowest BCUT2D eigenvalue weighted by molar-refractivity contribution is -0.197. The highest BCUT2D eigenvalue weighted by Crippen LogP contribution is 2.69. The van der Waals surface area contributed by atoms with Gasteiger partial charge in [0, 0.05) is 16.8 Å². The van der Waals surface area contributed by atoms with E-state index in [1.165, 1.54) is 50.3 Å². The molecule has 4 aliphatic rings. The zero-order valence-corrected chi connectivity index (χ0v) is 32.0. The summed E-state index contributed by atoms with van der Waals surface area (Å²) in [5.41, 5.74) is 2.06. The molecule has 0 unspecified atom stereocenters. The molecule has 2 aromatic rings. The van der Waals surface area contributed by atoms with E-state index >= 15 is 0 Å². The van der Waals surface area contributed by atoms with E-state index in [1.807, 2.05) is 65.6 Å². The van der Waals surface area contributed by atoms with E-state index in [4.69, 9.17) is 33.3 Å². The number of esters is 2. The number of carbonyl (C=O) groups excluding carboxylic acids is 2. The molecule has 0 heterocycles. The van der Waals surface area contributed by atoms with E-state index in [0.717, 1.165) is 37.1 Å². The van der Waals surface area contributed by atoms with Crippen molar-refractivity contribution >= 4 is 63.2 Å². The van der Waals surface area contributed by atoms with Crippen molar-refractivity contribution in [3.63, 3.8) is 0 Å². The Balaban J connectivity index is 1.21. The third-order valence-electron chi connectivity index (χ3n) is 13.4. The van der Waals surface area contributed by atoms with Crippen LogP contribution in [0.1, 0.15) is 91.9 Å². The van der Waals surface area contributed by atoms with Crippen LogP contribution in [0.15, 0.2) is 60.7 Å². The maximum atomic E-state index is 14.0. The maximum absolute atomic E-state index is 14.0. The van der Waals surface area contributed by atoms with Gasteiger partial charge in [0.1, 0.15) is 22.4 Å². The number of halogens is 1. The largest absolute Gasteiger partial charge is 0.461 e. The number of nitrogens with zero attached hydrogens (tertiary/aromatic N) is 1. The number of para-hydroxylation sites is 2. The van der Waals surface area contributed by atoms with E-state index in [9.17, 15) is 9.59 Å². The normalized spacial score (nSPS) is 34.1. The van der Waals surface area contributed by atoms with Crippen molar-refractivity contribution in [2.24, 2.45) is 46.3 Å². The molecule has 0 bridgehead atoms. The first-order valence-corrected chi connectivity index (χ1v) is 20.5. The summed E-state index contributed by atoms with van der Waals surface area (Å²) in [6, 6.07) is 20.2. The molecule has 10 atom stereocenters. The van der Waals surface area contributed by atoms with Crippen LogP contribution in [0.3, 0.4) is 0 Å². The van der Waals surface area contributed by atoms with Gasteiger partial charge in [-0.05, 0) is 117 Å². The number of rotatable bonds is 10. The topological polar surface area (TPSA) is 55.8 Å². The van der Waals surface area contributed by atoms with Crippen molar-refractivity contribution < 1.29 is 19.1 Å². The van der Waals surface area contributed by atoms with Gasteiger partial charge in [-0.25, -0.2) is 0 Å². The van der Waals surface area contributed by atoms with Crippen LogP contribution in [0.25, 0.3) is 0 Å². The summed E-state index contributed by atoms with van der Waals surface area (Å²) < 4.78 is 13.1. The second-order valence-corrected chi connectivity index (χ2v) is 17.6. The van der Waals surface area contributed by atoms with Gasteiger partial charge in [0.05, 0.1) is 5.75 Å². The molecule has 8 heteroatoms. The Morgan fingerprint density at radius 2 is 1.59 bits per heavy atom. The van der Waals surface area contributed by atoms with Gasteiger partial charge in [0.25, 0.3) is 0 Å². The Bertz CT molecular complexity index is 1420. The van der Waals surface area contributed by atoms with E-state index < -0.39 is 0 Å². The first kappa shape index (κ1) is 36.7. The minimum absolute atomic E-state index is 0.0347. The molecular weight excluding hydrogens is 670 g/mol. The summed E-state index contributed by atoms with van der Waals surface area (Å²) in [6.45, 7) is 9.70. The Morgan fingerprint density at radius 1 is 0.918 bits per heavy atom. The highest BCUT2D eigenvalue weighted by atomic mass is 35.5. The van der Waals surface area contributed by atoms with E-state index in [1.54, 1.807) is 0 Å². The number of hydrogen-bond donors (Lipinski definition) is 0. The van der Waals surface area contributed by atoms with Crippen LogP contribution in [0.4, 0.5) is 11.4 Å². The Hall–Kier alpha value is -2.09. The number of benzene rings is 2. The van der Waals surface area contributed by atoms with Crippen molar-refractivity contribution in [2.75, 3.05) is 16.5 Å². The second kappa shape index (κ2) is 15.7. The molecule has 4 fully saturated rings. The lowest BCUT2D eigenvalue weighted by Gasteiger charge is -2.62. The number of hydrogen-bond acceptors (Lipinski definition) is 6. The van der Waals surface area contributed by atoms with Crippen molar-refractivity contribution in [1.82, 2.24) is 0 Å². The molecule has 6 rings (SSSR count). The number of alkyl halides is 1. The molecule has 5 nitrogen and oxygen atoms in total. The van der Waals surface area contributed by atoms with Crippen molar-refractivity contribution in [3.8, 4) is 0 Å². The molecule has 4 aliphatic carbocycles. The van der Waals surface area contributed by atoms with Crippen LogP contribution in [0.5, 0.6) is 0 Å². The van der Waals surface area contributed by atoms with E-state index in [-0.39, 0.29) is 46.6 Å². The lowest BCUT2D eigenvalue weighted by atomic mass is 9.43. The van der Waals surface area contributed by atoms with Crippen LogP contribution in [-0.2, 0) is 19.1 Å². The monoisotopic (exact) mass is 723 g/mol. The minimum atomic E-state index is -0.310. The SMILES string of the molecule is CCC[C@@H](C)[C@H]1CC[C@H]2[C@@H]3CC[C@@H]4C[C@H](OC(=O)CCl)CC[C@]4(C)[C@H]3C[C@H](OC(=O)CSC(=S)N(c3ccccc3)c3ccccc3)[C@]12C. The maximum Gasteiger partial charge on any atom is 0.321 e. The first-order valence-electron chi connectivity index (χ1n) is 18.6. The van der Waals surface area contributed by atoms with Gasteiger partial charge in [0.2, 0.25) is 0 Å². The van der Waals surface area contributed by atoms with Gasteiger partial charge in [-0.1, -0.05) is 101 Å². The molecule has 49 heavy (non-hydrogen) atoms. The van der Waals surface area contributed by atoms with Crippen LogP contribution in [0.2, 0.25) is 0 Å². The number of thiocarbonyl (C=S) groups is 1. The van der Waals surface area contributed by atoms with Gasteiger partial charge < -0.3 is 9.47 Å². The van der Waals surface area contributed by atoms with Crippen LogP contribution in [-0.4, -0.2) is 40.1 Å². The highest BCUT2D eigenvalue weighted by Gasteiger charge is 2.65. The molecule has 0 amide bonds. The minimum Gasteiger partial charge on any atom is -0.461 e. The highest BCUT2D eigenvalue weighted by molar-refractivity contribution is 8.23. The average Bonchev–Trinajstić information content (AvgIpc) is 3.47. The summed E-state index contributed by atoms with van der Waals surface area (Å²) in [4.78, 5) is 28.0. The first-order chi connectivity index (χ1) is 23.6. The number of ether oxygens (including phenoxy) is 2. The number of carbonyl (C=O) groups is 2. The van der Waals surface area contributed by atoms with Crippen LogP contribution in [0, 0.1) is 46.3 Å². The molecular formula is C41H54ClNO4S2. The smallest absolute Gasteiger partial charge is 0.321 e. The Kier molecular flexibility index (Phi) is 11.7. The quantitative estimate of drug-likeness (QED) is 0.137. The number of fused-ring (bicyclic) bond motifs is 5. The molecule has 0 spiro atoms. The van der Waals surface area contributed by atoms with Gasteiger partial charge in [-0.15, -0.1) is 11.6 Å². The molecule has 0 aromatic heterocycles. The number of thioether (sulfide) groups is 1. The molecule has 0 aliphatic heterocycles. The predicted molar refractivity (Wildman–Crippen MR) is 205 cm³/mol. The Morgan fingerprint density at radius 3 is 2.22 bits per heavy atom. The zero-order chi connectivity index (χ0) is 34.8. The second-order valence-electron chi connectivity index (χ2n) is 15.8. The summed E-state index contributed by atoms with van der Waals surface area (Å²) >= 11 is 13.2. The molecule has 0 N–H and O–H groups in total. The van der Waals surface area contributed by atoms with Crippen molar-refractivity contribution in [1.29, 1.82) is 0 Å². The third kappa shape index (κ3) is 7.33. The zero-order valence-electron chi connectivity index (χ0n) is 29.7. The summed E-state index contributed by atoms with van der Waals surface area (Å²) in [6.07, 6.45) is 10.8. The fourth-order valence-corrected chi connectivity index (χ4v) is 12.3. The molecule has 266 valence electrons. The molecule has 4 saturated carbocycles. The standard InChI is InChI=1S/C41H54ClNO4S2/c1-5-12-27(2)33-19-20-34-32-18-17-28-23-31(46-37(44)25-42)21-22-40(28,3)35(32)24-36(41(33,34)4)47-38(45)26-49-39(48)43(29-13-8-6-9-14-29)30-15-10-7-11-16-30/h6-11,13-16,27-28,31-36H,5,12,17-26H2,1-4H3/t27-,28-,31-,32+,33-,34+,35+,36+,40+,41-/m1/s1. The van der Waals surface area contributed by atoms with E-state index in [0.29, 0.717) is 39.8 Å². The third-order valence-corrected chi connectivity index (χ3v) is 15.0. The average molecular weight is 724 g/mol. The predicted octanol–water partition coefficient (Wildman–Crippen LogP) is 10.6. The summed E-state index contributed by atoms with van der Waals surface area (Å²) in [7, 11) is 0. The fraction of sp³-hybridized carbons (Fsp3) is 0.634. The number of anilines is 2. The van der Waals surface area contributed by atoms with Crippen LogP contribution < -0.4 is 4.90 Å². The van der Waals surface area contributed by atoms with Crippen LogP contribution >= 0.6 is 35.6 Å². The van der Waals surface area contributed by atoms with Gasteiger partial charge in [-0.2, -0.15) is 0 Å². The van der Waals surface area contributed by atoms with Gasteiger partial charge in [-0.3, -0.25) is 14.5 Å². The molecule has 0 saturated heterocycles. The lowest BCUT2D eigenvalue weighted by Crippen LogP contribution is -2.59. The summed E-state index contributed by atoms with van der Waals surface area (Å²) in [5.74, 6) is 2.96. The van der Waals surface area contributed by atoms with Gasteiger partial charge in [0.15, 0.2) is 0 Å². The molecule has 0 radical (unpaired) electrons. The fourth-order valence-electron chi connectivity index (χ4n) is 11.2. The van der Waals surface area contributed by atoms with Crippen molar-refractivity contribution in [3.05, 3.63) is 60.7 Å². The van der Waals surface area contributed by atoms with E-state index in [2.05, 4.69) is 27.7 Å². The van der Waals surface area contributed by atoms with Gasteiger partial charge >= 0.3 is 11.9 Å². The molecule has 2 aromatic carbocycles. The van der Waals surface area contributed by atoms with Crippen molar-refractivity contribution in [2.45, 2.75) is 104 Å². The Labute approximate surface area is 308 Å². The summed E-state index contributed by atoms with van der Waals surface area (Å²) in [5, 5.41) is 0.